The molecule has 1 aromatic rings. The SMILES string of the molecule is COC(=O)C1(C(=O)OC)Cc2ccncc2C1. The fraction of sp³-hybridized carbons (Fsp3) is 0.417. The van der Waals surface area contributed by atoms with Crippen molar-refractivity contribution in [3.8, 4) is 0 Å². The molecule has 0 N–H and O–H groups in total. The molecule has 0 amide bonds. The molecule has 0 aromatic carbocycles. The number of nitrogens with zero attached hydrogens (tertiary/aromatic N) is 1. The third-order valence-electron chi connectivity index (χ3n) is 3.14. The quantitative estimate of drug-likeness (QED) is 0.552. The number of carbonyl (C=O) groups excluding carboxylic acids is 2. The number of pyridine rings is 1. The van der Waals surface area contributed by atoms with Gasteiger partial charge in [-0.25, -0.2) is 0 Å². The lowest BCUT2D eigenvalue weighted by Crippen LogP contribution is -2.42. The van der Waals surface area contributed by atoms with Crippen molar-refractivity contribution in [3.63, 3.8) is 0 Å². The van der Waals surface area contributed by atoms with E-state index in [4.69, 9.17) is 9.47 Å². The van der Waals surface area contributed by atoms with Gasteiger partial charge < -0.3 is 9.47 Å². The number of hydrogen-bond acceptors (Lipinski definition) is 5. The van der Waals surface area contributed by atoms with E-state index < -0.39 is 17.4 Å². The zero-order valence-corrected chi connectivity index (χ0v) is 9.73. The lowest BCUT2D eigenvalue weighted by atomic mass is 9.85. The number of ether oxygens (including phenoxy) is 2. The van der Waals surface area contributed by atoms with Crippen LogP contribution in [0, 0.1) is 5.41 Å². The van der Waals surface area contributed by atoms with Crippen LogP contribution in [0.25, 0.3) is 0 Å². The van der Waals surface area contributed by atoms with Crippen LogP contribution in [0.3, 0.4) is 0 Å². The molecule has 0 saturated heterocycles. The average molecular weight is 235 g/mol. The Kier molecular flexibility index (Phi) is 2.83. The van der Waals surface area contributed by atoms with Gasteiger partial charge in [0.1, 0.15) is 0 Å². The Balaban J connectivity index is 2.41. The monoisotopic (exact) mass is 235 g/mol. The number of esters is 2. The molecule has 1 aliphatic rings. The summed E-state index contributed by atoms with van der Waals surface area (Å²) < 4.78 is 9.46. The van der Waals surface area contributed by atoms with Gasteiger partial charge in [-0.15, -0.1) is 0 Å². The summed E-state index contributed by atoms with van der Waals surface area (Å²) in [5, 5.41) is 0. The fourth-order valence-electron chi connectivity index (χ4n) is 2.26. The standard InChI is InChI=1S/C12H13NO4/c1-16-10(14)12(11(15)17-2)5-8-3-4-13-7-9(8)6-12/h3-4,7H,5-6H2,1-2H3. The third kappa shape index (κ3) is 1.67. The van der Waals surface area contributed by atoms with Crippen molar-refractivity contribution in [2.24, 2.45) is 5.41 Å². The van der Waals surface area contributed by atoms with E-state index in [9.17, 15) is 9.59 Å². The number of methoxy groups -OCH3 is 2. The number of aromatic nitrogens is 1. The van der Waals surface area contributed by atoms with Crippen LogP contribution in [-0.2, 0) is 31.9 Å². The summed E-state index contributed by atoms with van der Waals surface area (Å²) in [5.74, 6) is -1.11. The van der Waals surface area contributed by atoms with Crippen molar-refractivity contribution in [3.05, 3.63) is 29.6 Å². The Morgan fingerprint density at radius 2 is 1.76 bits per heavy atom. The summed E-state index contributed by atoms with van der Waals surface area (Å²) in [6.45, 7) is 0. The third-order valence-corrected chi connectivity index (χ3v) is 3.14. The van der Waals surface area contributed by atoms with Crippen LogP contribution >= 0.6 is 0 Å². The van der Waals surface area contributed by atoms with Crippen LogP contribution in [0.5, 0.6) is 0 Å². The first-order valence-electron chi connectivity index (χ1n) is 5.22. The van der Waals surface area contributed by atoms with Crippen molar-refractivity contribution < 1.29 is 19.1 Å². The van der Waals surface area contributed by atoms with Crippen LogP contribution < -0.4 is 0 Å². The van der Waals surface area contributed by atoms with Crippen molar-refractivity contribution in [1.82, 2.24) is 4.98 Å². The van der Waals surface area contributed by atoms with Gasteiger partial charge in [0, 0.05) is 18.8 Å². The number of rotatable bonds is 2. The first-order chi connectivity index (χ1) is 8.14. The first kappa shape index (κ1) is 11.6. The second kappa shape index (κ2) is 4.16. The lowest BCUT2D eigenvalue weighted by molar-refractivity contribution is -0.168. The van der Waals surface area contributed by atoms with Crippen molar-refractivity contribution in [1.29, 1.82) is 0 Å². The van der Waals surface area contributed by atoms with E-state index in [1.165, 1.54) is 14.2 Å². The Bertz CT molecular complexity index is 426. The maximum atomic E-state index is 11.9. The molecule has 5 heteroatoms. The van der Waals surface area contributed by atoms with E-state index in [0.29, 0.717) is 6.42 Å². The van der Waals surface area contributed by atoms with Gasteiger partial charge in [-0.2, -0.15) is 0 Å². The maximum Gasteiger partial charge on any atom is 0.323 e. The van der Waals surface area contributed by atoms with Crippen molar-refractivity contribution >= 4 is 11.9 Å². The molecule has 0 radical (unpaired) electrons. The molecule has 1 heterocycles. The Hall–Kier alpha value is -1.91. The Morgan fingerprint density at radius 3 is 2.29 bits per heavy atom. The summed E-state index contributed by atoms with van der Waals surface area (Å²) in [7, 11) is 2.54. The predicted molar refractivity (Wildman–Crippen MR) is 58.1 cm³/mol. The molecule has 90 valence electrons. The van der Waals surface area contributed by atoms with E-state index >= 15 is 0 Å². The number of fused-ring (bicyclic) bond motifs is 1. The van der Waals surface area contributed by atoms with E-state index in [-0.39, 0.29) is 6.42 Å². The Morgan fingerprint density at radius 1 is 1.18 bits per heavy atom. The number of hydrogen-bond donors (Lipinski definition) is 0. The predicted octanol–water partition coefficient (Wildman–Crippen LogP) is 0.513. The Labute approximate surface area is 98.7 Å². The van der Waals surface area contributed by atoms with Crippen LogP contribution in [0.15, 0.2) is 18.5 Å². The molecule has 5 nitrogen and oxygen atoms in total. The summed E-state index contributed by atoms with van der Waals surface area (Å²) in [5.41, 5.74) is 0.591. The van der Waals surface area contributed by atoms with Gasteiger partial charge in [-0.05, 0) is 23.6 Å². The number of carbonyl (C=O) groups is 2. The molecule has 0 aliphatic heterocycles. The lowest BCUT2D eigenvalue weighted by Gasteiger charge is -2.22. The highest BCUT2D eigenvalue weighted by atomic mass is 16.5. The van der Waals surface area contributed by atoms with Crippen molar-refractivity contribution in [2.45, 2.75) is 12.8 Å². The normalized spacial score (nSPS) is 16.1. The van der Waals surface area contributed by atoms with Crippen LogP contribution in [0.4, 0.5) is 0 Å². The average Bonchev–Trinajstić information content (AvgIpc) is 2.77. The minimum absolute atomic E-state index is 0.287. The minimum Gasteiger partial charge on any atom is -0.468 e. The van der Waals surface area contributed by atoms with E-state index in [1.807, 2.05) is 6.07 Å². The van der Waals surface area contributed by atoms with Gasteiger partial charge in [0.2, 0.25) is 0 Å². The van der Waals surface area contributed by atoms with Gasteiger partial charge in [0.05, 0.1) is 14.2 Å². The highest BCUT2D eigenvalue weighted by Gasteiger charge is 2.52. The fourth-order valence-corrected chi connectivity index (χ4v) is 2.26. The highest BCUT2D eigenvalue weighted by molar-refractivity contribution is 6.01. The summed E-state index contributed by atoms with van der Waals surface area (Å²) >= 11 is 0. The molecule has 0 bridgehead atoms. The van der Waals surface area contributed by atoms with Gasteiger partial charge in [-0.1, -0.05) is 0 Å². The maximum absolute atomic E-state index is 11.9. The molecule has 2 rings (SSSR count). The van der Waals surface area contributed by atoms with E-state index in [1.54, 1.807) is 12.4 Å². The van der Waals surface area contributed by atoms with Gasteiger partial charge in [0.15, 0.2) is 5.41 Å². The first-order valence-corrected chi connectivity index (χ1v) is 5.22. The van der Waals surface area contributed by atoms with Crippen LogP contribution in [0.2, 0.25) is 0 Å². The molecule has 1 aromatic heterocycles. The van der Waals surface area contributed by atoms with Crippen LogP contribution in [0.1, 0.15) is 11.1 Å². The second-order valence-corrected chi connectivity index (χ2v) is 4.06. The molecule has 0 saturated carbocycles. The second-order valence-electron chi connectivity index (χ2n) is 4.06. The molecule has 0 fully saturated rings. The van der Waals surface area contributed by atoms with Crippen molar-refractivity contribution in [2.75, 3.05) is 14.2 Å². The highest BCUT2D eigenvalue weighted by Crippen LogP contribution is 2.38. The molecule has 0 unspecified atom stereocenters. The van der Waals surface area contributed by atoms with Gasteiger partial charge in [0.25, 0.3) is 0 Å². The summed E-state index contributed by atoms with van der Waals surface area (Å²) in [4.78, 5) is 27.7. The van der Waals surface area contributed by atoms with Gasteiger partial charge in [-0.3, -0.25) is 14.6 Å². The molecule has 1 aliphatic carbocycles. The zero-order chi connectivity index (χ0) is 12.5. The molecule has 0 spiro atoms. The van der Waals surface area contributed by atoms with Crippen LogP contribution in [-0.4, -0.2) is 31.1 Å². The molecular formula is C12H13NO4. The van der Waals surface area contributed by atoms with E-state index in [0.717, 1.165) is 11.1 Å². The molecular weight excluding hydrogens is 222 g/mol. The molecule has 0 atom stereocenters. The largest absolute Gasteiger partial charge is 0.468 e. The zero-order valence-electron chi connectivity index (χ0n) is 9.73. The van der Waals surface area contributed by atoms with E-state index in [2.05, 4.69) is 4.98 Å². The smallest absolute Gasteiger partial charge is 0.323 e. The summed E-state index contributed by atoms with van der Waals surface area (Å²) in [6.07, 6.45) is 3.91. The topological polar surface area (TPSA) is 65.5 Å². The molecule has 17 heavy (non-hydrogen) atoms. The summed E-state index contributed by atoms with van der Waals surface area (Å²) in [6, 6.07) is 1.81. The minimum atomic E-state index is -1.24. The van der Waals surface area contributed by atoms with Gasteiger partial charge >= 0.3 is 11.9 Å².